The Kier molecular flexibility index (Phi) is 4.34. The van der Waals surface area contributed by atoms with Gasteiger partial charge in [-0.05, 0) is 30.7 Å². The first-order valence-electron chi connectivity index (χ1n) is 6.98. The van der Waals surface area contributed by atoms with E-state index in [1.807, 2.05) is 13.8 Å². The van der Waals surface area contributed by atoms with Crippen molar-refractivity contribution in [3.05, 3.63) is 34.4 Å². The topological polar surface area (TPSA) is 103 Å². The number of nitrogens with two attached hydrogens (primary N) is 1. The van der Waals surface area contributed by atoms with E-state index in [2.05, 4.69) is 0 Å². The van der Waals surface area contributed by atoms with Gasteiger partial charge in [0.05, 0.1) is 10.2 Å². The molecule has 1 aliphatic carbocycles. The second-order valence-electron chi connectivity index (χ2n) is 5.95. The van der Waals surface area contributed by atoms with E-state index >= 15 is 0 Å². The molecule has 0 saturated heterocycles. The number of nitro groups is 1. The lowest BCUT2D eigenvalue weighted by Gasteiger charge is -2.36. The zero-order chi connectivity index (χ0) is 15.8. The molecule has 1 aromatic rings. The molecule has 0 bridgehead atoms. The molecule has 7 heteroatoms. The smallest absolute Gasteiger partial charge is 0.287 e. The van der Waals surface area contributed by atoms with Gasteiger partial charge in [-0.2, -0.15) is 0 Å². The van der Waals surface area contributed by atoms with Crippen LogP contribution in [0.15, 0.2) is 29.2 Å². The molecule has 2 N–H and O–H groups in total. The molecular formula is C14H20N2O4S. The summed E-state index contributed by atoms with van der Waals surface area (Å²) in [5.74, 6) is 0.251. The number of hydrogen-bond acceptors (Lipinski definition) is 5. The first-order chi connectivity index (χ1) is 9.75. The Morgan fingerprint density at radius 2 is 1.86 bits per heavy atom. The lowest BCUT2D eigenvalue weighted by molar-refractivity contribution is -0.387. The van der Waals surface area contributed by atoms with E-state index in [4.69, 9.17) is 5.73 Å². The van der Waals surface area contributed by atoms with Gasteiger partial charge in [0.1, 0.15) is 4.90 Å². The zero-order valence-electron chi connectivity index (χ0n) is 12.1. The van der Waals surface area contributed by atoms with Crippen LogP contribution in [0.1, 0.15) is 26.7 Å². The molecule has 0 aliphatic heterocycles. The second kappa shape index (κ2) is 5.73. The molecule has 0 spiro atoms. The number of benzene rings is 1. The largest absolute Gasteiger partial charge is 0.326 e. The molecule has 1 fully saturated rings. The van der Waals surface area contributed by atoms with Gasteiger partial charge in [0.2, 0.25) is 0 Å². The van der Waals surface area contributed by atoms with Crippen molar-refractivity contribution >= 4 is 15.5 Å². The van der Waals surface area contributed by atoms with Crippen LogP contribution < -0.4 is 5.73 Å². The SMILES string of the molecule is CC1CC(C)C(S(=O)(=O)c2ccccc2[N+](=O)[O-])C(N)C1. The minimum absolute atomic E-state index is 0.117. The molecule has 1 saturated carbocycles. The first-order valence-corrected chi connectivity index (χ1v) is 8.52. The van der Waals surface area contributed by atoms with Gasteiger partial charge in [-0.1, -0.05) is 26.0 Å². The number of nitro benzene ring substituents is 1. The highest BCUT2D eigenvalue weighted by Crippen LogP contribution is 2.37. The van der Waals surface area contributed by atoms with Crippen LogP contribution in [-0.4, -0.2) is 24.6 Å². The molecule has 4 unspecified atom stereocenters. The molecular weight excluding hydrogens is 292 g/mol. The molecule has 0 radical (unpaired) electrons. The third-order valence-electron chi connectivity index (χ3n) is 4.16. The van der Waals surface area contributed by atoms with Crippen LogP contribution in [0.2, 0.25) is 0 Å². The van der Waals surface area contributed by atoms with Crippen molar-refractivity contribution in [3.63, 3.8) is 0 Å². The van der Waals surface area contributed by atoms with Gasteiger partial charge in [0, 0.05) is 12.1 Å². The molecule has 6 nitrogen and oxygen atoms in total. The minimum Gasteiger partial charge on any atom is -0.326 e. The van der Waals surface area contributed by atoms with Crippen molar-refractivity contribution in [1.82, 2.24) is 0 Å². The summed E-state index contributed by atoms with van der Waals surface area (Å²) in [5, 5.41) is 10.3. The number of sulfone groups is 1. The van der Waals surface area contributed by atoms with Crippen LogP contribution >= 0.6 is 0 Å². The standard InChI is InChI=1S/C14H20N2O4S/c1-9-7-10(2)14(11(15)8-9)21(19,20)13-6-4-3-5-12(13)16(17)18/h3-6,9-11,14H,7-8,15H2,1-2H3. The van der Waals surface area contributed by atoms with E-state index < -0.39 is 26.1 Å². The summed E-state index contributed by atoms with van der Waals surface area (Å²) in [5.41, 5.74) is 5.68. The molecule has 21 heavy (non-hydrogen) atoms. The van der Waals surface area contributed by atoms with E-state index in [0.29, 0.717) is 12.3 Å². The summed E-state index contributed by atoms with van der Waals surface area (Å²) >= 11 is 0. The van der Waals surface area contributed by atoms with Crippen molar-refractivity contribution in [2.24, 2.45) is 17.6 Å². The molecule has 1 aliphatic rings. The van der Waals surface area contributed by atoms with Gasteiger partial charge in [-0.3, -0.25) is 10.1 Å². The van der Waals surface area contributed by atoms with Crippen LogP contribution in [0.5, 0.6) is 0 Å². The highest BCUT2D eigenvalue weighted by molar-refractivity contribution is 7.92. The Morgan fingerprint density at radius 1 is 1.24 bits per heavy atom. The van der Waals surface area contributed by atoms with E-state index in [-0.39, 0.29) is 16.5 Å². The molecule has 1 aromatic carbocycles. The van der Waals surface area contributed by atoms with Crippen molar-refractivity contribution < 1.29 is 13.3 Å². The van der Waals surface area contributed by atoms with Gasteiger partial charge < -0.3 is 5.73 Å². The van der Waals surface area contributed by atoms with Crippen LogP contribution in [0, 0.1) is 22.0 Å². The quantitative estimate of drug-likeness (QED) is 0.680. The maximum atomic E-state index is 12.9. The predicted octanol–water partition coefficient (Wildman–Crippen LogP) is 2.13. The number of para-hydroxylation sites is 1. The third-order valence-corrected chi connectivity index (χ3v) is 6.65. The molecule has 0 amide bonds. The summed E-state index contributed by atoms with van der Waals surface area (Å²) in [7, 11) is -3.83. The molecule has 0 aromatic heterocycles. The molecule has 0 heterocycles. The maximum Gasteiger partial charge on any atom is 0.287 e. The van der Waals surface area contributed by atoms with Crippen molar-refractivity contribution in [1.29, 1.82) is 0 Å². The van der Waals surface area contributed by atoms with E-state index in [0.717, 1.165) is 6.42 Å². The second-order valence-corrected chi connectivity index (χ2v) is 8.03. The van der Waals surface area contributed by atoms with Crippen molar-refractivity contribution in [3.8, 4) is 0 Å². The zero-order valence-corrected chi connectivity index (χ0v) is 12.9. The molecule has 116 valence electrons. The summed E-state index contributed by atoms with van der Waals surface area (Å²) < 4.78 is 25.7. The highest BCUT2D eigenvalue weighted by Gasteiger charge is 2.43. The lowest BCUT2D eigenvalue weighted by Crippen LogP contribution is -2.49. The summed E-state index contributed by atoms with van der Waals surface area (Å²) in [6, 6.07) is 4.98. The van der Waals surface area contributed by atoms with Gasteiger partial charge >= 0.3 is 0 Å². The van der Waals surface area contributed by atoms with E-state index in [9.17, 15) is 18.5 Å². The van der Waals surface area contributed by atoms with Crippen molar-refractivity contribution in [2.75, 3.05) is 0 Å². The van der Waals surface area contributed by atoms with Crippen LogP contribution in [0.25, 0.3) is 0 Å². The number of nitrogens with zero attached hydrogens (tertiary/aromatic N) is 1. The Labute approximate surface area is 124 Å². The summed E-state index contributed by atoms with van der Waals surface area (Å²) in [6.45, 7) is 3.90. The van der Waals surface area contributed by atoms with Crippen LogP contribution in [-0.2, 0) is 9.84 Å². The van der Waals surface area contributed by atoms with Crippen molar-refractivity contribution in [2.45, 2.75) is 42.9 Å². The van der Waals surface area contributed by atoms with Gasteiger partial charge in [0.15, 0.2) is 9.84 Å². The highest BCUT2D eigenvalue weighted by atomic mass is 32.2. The Morgan fingerprint density at radius 3 is 2.43 bits per heavy atom. The average Bonchev–Trinajstić information content (AvgIpc) is 2.37. The minimum atomic E-state index is -3.83. The fourth-order valence-corrected chi connectivity index (χ4v) is 5.71. The maximum absolute atomic E-state index is 12.9. The fraction of sp³-hybridized carbons (Fsp3) is 0.571. The monoisotopic (exact) mass is 312 g/mol. The lowest BCUT2D eigenvalue weighted by atomic mass is 9.80. The predicted molar refractivity (Wildman–Crippen MR) is 79.6 cm³/mol. The summed E-state index contributed by atoms with van der Waals surface area (Å²) in [6.07, 6.45) is 1.38. The number of rotatable bonds is 3. The average molecular weight is 312 g/mol. The molecule has 2 rings (SSSR count). The van der Waals surface area contributed by atoms with E-state index in [1.165, 1.54) is 24.3 Å². The van der Waals surface area contributed by atoms with E-state index in [1.54, 1.807) is 0 Å². The third kappa shape index (κ3) is 2.94. The molecule has 4 atom stereocenters. The van der Waals surface area contributed by atoms with Gasteiger partial charge in [-0.15, -0.1) is 0 Å². The van der Waals surface area contributed by atoms with Crippen LogP contribution in [0.3, 0.4) is 0 Å². The Hall–Kier alpha value is -1.47. The Balaban J connectivity index is 2.50. The Bertz CT molecular complexity index is 632. The summed E-state index contributed by atoms with van der Waals surface area (Å²) in [4.78, 5) is 10.2. The first kappa shape index (κ1) is 15.9. The van der Waals surface area contributed by atoms with Gasteiger partial charge in [-0.25, -0.2) is 8.42 Å². The van der Waals surface area contributed by atoms with Gasteiger partial charge in [0.25, 0.3) is 5.69 Å². The number of hydrogen-bond donors (Lipinski definition) is 1. The fourth-order valence-electron chi connectivity index (χ4n) is 3.42. The van der Waals surface area contributed by atoms with Crippen LogP contribution in [0.4, 0.5) is 5.69 Å². The normalized spacial score (nSPS) is 30.0.